The first-order valence-corrected chi connectivity index (χ1v) is 6.96. The van der Waals surface area contributed by atoms with Crippen LogP contribution < -0.4 is 4.74 Å². The summed E-state index contributed by atoms with van der Waals surface area (Å²) in [6.07, 6.45) is 0. The Morgan fingerprint density at radius 3 is 2.71 bits per heavy atom. The number of pyridine rings is 1. The quantitative estimate of drug-likeness (QED) is 0.902. The highest BCUT2D eigenvalue weighted by molar-refractivity contribution is 6.30. The number of benzene rings is 1. The Balaban J connectivity index is 2.21. The highest BCUT2D eigenvalue weighted by Crippen LogP contribution is 2.20. The summed E-state index contributed by atoms with van der Waals surface area (Å²) in [5, 5.41) is 9.77. The van der Waals surface area contributed by atoms with Crippen LogP contribution in [0.1, 0.15) is 41.4 Å². The maximum atomic E-state index is 11.1. The SMILES string of the molecule is CC(C)c1cc(C(=O)O)cc(OCc2cccc(Cl)c2)n1. The largest absolute Gasteiger partial charge is 0.478 e. The third kappa shape index (κ3) is 4.20. The molecule has 0 aliphatic carbocycles. The number of aromatic carboxylic acids is 1. The van der Waals surface area contributed by atoms with Crippen LogP contribution >= 0.6 is 11.6 Å². The van der Waals surface area contributed by atoms with Gasteiger partial charge in [0, 0.05) is 16.8 Å². The van der Waals surface area contributed by atoms with Gasteiger partial charge in [-0.2, -0.15) is 0 Å². The summed E-state index contributed by atoms with van der Waals surface area (Å²) in [4.78, 5) is 15.5. The van der Waals surface area contributed by atoms with Gasteiger partial charge in [0.1, 0.15) is 6.61 Å². The van der Waals surface area contributed by atoms with Crippen molar-refractivity contribution in [3.8, 4) is 5.88 Å². The second kappa shape index (κ2) is 6.59. The van der Waals surface area contributed by atoms with Gasteiger partial charge in [-0.15, -0.1) is 0 Å². The van der Waals surface area contributed by atoms with Crippen LogP contribution in [0.4, 0.5) is 0 Å². The fraction of sp³-hybridized carbons (Fsp3) is 0.250. The van der Waals surface area contributed by atoms with Gasteiger partial charge in [-0.25, -0.2) is 9.78 Å². The summed E-state index contributed by atoms with van der Waals surface area (Å²) in [6.45, 7) is 4.19. The zero-order valence-electron chi connectivity index (χ0n) is 11.8. The van der Waals surface area contributed by atoms with Crippen molar-refractivity contribution in [3.05, 3.63) is 58.2 Å². The van der Waals surface area contributed by atoms with Crippen molar-refractivity contribution in [1.82, 2.24) is 4.98 Å². The predicted octanol–water partition coefficient (Wildman–Crippen LogP) is 4.14. The normalized spacial score (nSPS) is 10.7. The minimum atomic E-state index is -0.994. The number of carboxylic acids is 1. The topological polar surface area (TPSA) is 59.4 Å². The average molecular weight is 306 g/mol. The van der Waals surface area contributed by atoms with E-state index in [1.54, 1.807) is 18.2 Å². The van der Waals surface area contributed by atoms with Crippen LogP contribution in [0.5, 0.6) is 5.88 Å². The molecule has 2 rings (SSSR count). The molecule has 21 heavy (non-hydrogen) atoms. The molecule has 0 atom stereocenters. The first-order chi connectivity index (χ1) is 9.95. The molecule has 5 heteroatoms. The van der Waals surface area contributed by atoms with E-state index in [-0.39, 0.29) is 18.1 Å². The Kier molecular flexibility index (Phi) is 4.81. The summed E-state index contributed by atoms with van der Waals surface area (Å²) in [6, 6.07) is 10.3. The Morgan fingerprint density at radius 1 is 1.33 bits per heavy atom. The molecule has 110 valence electrons. The predicted molar refractivity (Wildman–Crippen MR) is 81.1 cm³/mol. The van der Waals surface area contributed by atoms with E-state index in [0.29, 0.717) is 16.6 Å². The molecule has 2 aromatic rings. The molecule has 0 radical (unpaired) electrons. The summed E-state index contributed by atoms with van der Waals surface area (Å²) >= 11 is 5.91. The van der Waals surface area contributed by atoms with Crippen LogP contribution in [0.2, 0.25) is 5.02 Å². The number of hydrogen-bond acceptors (Lipinski definition) is 3. The molecule has 0 aliphatic heterocycles. The molecule has 4 nitrogen and oxygen atoms in total. The lowest BCUT2D eigenvalue weighted by Crippen LogP contribution is -2.05. The Hall–Kier alpha value is -2.07. The van der Waals surface area contributed by atoms with Crippen LogP contribution in [0, 0.1) is 0 Å². The Bertz CT molecular complexity index is 656. The lowest BCUT2D eigenvalue weighted by atomic mass is 10.1. The minimum Gasteiger partial charge on any atom is -0.478 e. The first-order valence-electron chi connectivity index (χ1n) is 6.58. The van der Waals surface area contributed by atoms with Gasteiger partial charge in [0.15, 0.2) is 0 Å². The maximum absolute atomic E-state index is 11.1. The molecular formula is C16H16ClNO3. The molecule has 1 aromatic carbocycles. The van der Waals surface area contributed by atoms with Crippen molar-refractivity contribution < 1.29 is 14.6 Å². The monoisotopic (exact) mass is 305 g/mol. The van der Waals surface area contributed by atoms with E-state index in [9.17, 15) is 4.79 Å². The standard InChI is InChI=1S/C16H16ClNO3/c1-10(2)14-7-12(16(19)20)8-15(18-14)21-9-11-4-3-5-13(17)6-11/h3-8,10H,9H2,1-2H3,(H,19,20). The van der Waals surface area contributed by atoms with Gasteiger partial charge in [0.2, 0.25) is 5.88 Å². The number of ether oxygens (including phenoxy) is 1. The van der Waals surface area contributed by atoms with Crippen LogP contribution in [0.15, 0.2) is 36.4 Å². The Morgan fingerprint density at radius 2 is 2.10 bits per heavy atom. The van der Waals surface area contributed by atoms with Crippen molar-refractivity contribution >= 4 is 17.6 Å². The van der Waals surface area contributed by atoms with E-state index >= 15 is 0 Å². The number of nitrogens with zero attached hydrogens (tertiary/aromatic N) is 1. The van der Waals surface area contributed by atoms with E-state index < -0.39 is 5.97 Å². The minimum absolute atomic E-state index is 0.123. The molecule has 0 aliphatic rings. The molecule has 0 saturated heterocycles. The first kappa shape index (κ1) is 15.3. The second-order valence-electron chi connectivity index (χ2n) is 5.00. The van der Waals surface area contributed by atoms with Crippen LogP contribution in [0.3, 0.4) is 0 Å². The molecular weight excluding hydrogens is 290 g/mol. The van der Waals surface area contributed by atoms with Gasteiger partial charge < -0.3 is 9.84 Å². The lowest BCUT2D eigenvalue weighted by Gasteiger charge is -2.11. The molecule has 1 aromatic heterocycles. The van der Waals surface area contributed by atoms with Crippen molar-refractivity contribution in [2.24, 2.45) is 0 Å². The lowest BCUT2D eigenvalue weighted by molar-refractivity contribution is 0.0696. The summed E-state index contributed by atoms with van der Waals surface area (Å²) < 4.78 is 5.60. The maximum Gasteiger partial charge on any atom is 0.335 e. The van der Waals surface area contributed by atoms with Gasteiger partial charge in [0.25, 0.3) is 0 Å². The van der Waals surface area contributed by atoms with Gasteiger partial charge in [-0.05, 0) is 29.7 Å². The van der Waals surface area contributed by atoms with Gasteiger partial charge in [-0.1, -0.05) is 37.6 Å². The molecule has 0 fully saturated rings. The highest BCUT2D eigenvalue weighted by atomic mass is 35.5. The molecule has 0 saturated carbocycles. The van der Waals surface area contributed by atoms with E-state index in [4.69, 9.17) is 21.4 Å². The number of carbonyl (C=O) groups is 1. The molecule has 0 bridgehead atoms. The zero-order valence-corrected chi connectivity index (χ0v) is 12.6. The van der Waals surface area contributed by atoms with Crippen molar-refractivity contribution in [3.63, 3.8) is 0 Å². The average Bonchev–Trinajstić information content (AvgIpc) is 2.45. The third-order valence-corrected chi connectivity index (χ3v) is 3.17. The smallest absolute Gasteiger partial charge is 0.335 e. The van der Waals surface area contributed by atoms with Gasteiger partial charge >= 0.3 is 5.97 Å². The van der Waals surface area contributed by atoms with E-state index in [1.165, 1.54) is 6.07 Å². The van der Waals surface area contributed by atoms with E-state index in [2.05, 4.69) is 4.98 Å². The summed E-state index contributed by atoms with van der Waals surface area (Å²) in [5.74, 6) is -0.566. The zero-order chi connectivity index (χ0) is 15.4. The fourth-order valence-corrected chi connectivity index (χ4v) is 2.02. The number of aromatic nitrogens is 1. The number of rotatable bonds is 5. The van der Waals surface area contributed by atoms with E-state index in [1.807, 2.05) is 26.0 Å². The number of carboxylic acid groups (broad SMARTS) is 1. The summed E-state index contributed by atoms with van der Waals surface area (Å²) in [5.41, 5.74) is 1.77. The van der Waals surface area contributed by atoms with E-state index in [0.717, 1.165) is 5.56 Å². The van der Waals surface area contributed by atoms with Crippen LogP contribution in [0.25, 0.3) is 0 Å². The van der Waals surface area contributed by atoms with Gasteiger partial charge in [0.05, 0.1) is 5.56 Å². The van der Waals surface area contributed by atoms with Gasteiger partial charge in [-0.3, -0.25) is 0 Å². The highest BCUT2D eigenvalue weighted by Gasteiger charge is 2.11. The fourth-order valence-electron chi connectivity index (χ4n) is 1.80. The van der Waals surface area contributed by atoms with Crippen LogP contribution in [-0.2, 0) is 6.61 Å². The Labute approximate surface area is 128 Å². The van der Waals surface area contributed by atoms with Crippen LogP contribution in [-0.4, -0.2) is 16.1 Å². The summed E-state index contributed by atoms with van der Waals surface area (Å²) in [7, 11) is 0. The van der Waals surface area contributed by atoms with Crippen molar-refractivity contribution in [2.45, 2.75) is 26.4 Å². The molecule has 0 unspecified atom stereocenters. The molecule has 1 N–H and O–H groups in total. The number of hydrogen-bond donors (Lipinski definition) is 1. The third-order valence-electron chi connectivity index (χ3n) is 2.94. The van der Waals surface area contributed by atoms with Crippen molar-refractivity contribution in [2.75, 3.05) is 0 Å². The molecule has 0 spiro atoms. The number of halogens is 1. The molecule has 0 amide bonds. The second-order valence-corrected chi connectivity index (χ2v) is 5.43. The molecule has 1 heterocycles. The van der Waals surface area contributed by atoms with Crippen molar-refractivity contribution in [1.29, 1.82) is 0 Å².